The Morgan fingerprint density at radius 2 is 2.36 bits per heavy atom. The molecule has 0 aliphatic carbocycles. The number of halogens is 1. The molecule has 0 bridgehead atoms. The Morgan fingerprint density at radius 3 is 2.86 bits per heavy atom. The topological polar surface area (TPSA) is 29.1 Å². The Labute approximate surface area is 98.7 Å². The number of hydrogen-bond donors (Lipinski definition) is 1. The maximum atomic E-state index is 11.6. The van der Waals surface area contributed by atoms with E-state index in [0.717, 1.165) is 6.54 Å². The molecule has 82 valence electrons. The first kappa shape index (κ1) is 12.4. The molecule has 0 aromatic rings. The molecule has 0 aromatic carbocycles. The summed E-state index contributed by atoms with van der Waals surface area (Å²) in [5.74, 6) is 3.64. The lowest BCUT2D eigenvalue weighted by molar-refractivity contribution is -0.121. The fraction of sp³-hybridized carbons (Fsp3) is 0.900. The highest BCUT2D eigenvalue weighted by molar-refractivity contribution is 9.10. The van der Waals surface area contributed by atoms with E-state index in [2.05, 4.69) is 21.2 Å². The van der Waals surface area contributed by atoms with Crippen molar-refractivity contribution >= 4 is 33.6 Å². The fourth-order valence-electron chi connectivity index (χ4n) is 1.39. The van der Waals surface area contributed by atoms with Gasteiger partial charge < -0.3 is 5.32 Å². The van der Waals surface area contributed by atoms with Gasteiger partial charge in [-0.05, 0) is 29.8 Å². The van der Waals surface area contributed by atoms with E-state index >= 15 is 0 Å². The maximum Gasteiger partial charge on any atom is 0.234 e. The van der Waals surface area contributed by atoms with E-state index < -0.39 is 0 Å². The maximum absolute atomic E-state index is 11.6. The summed E-state index contributed by atoms with van der Waals surface area (Å²) in [5.41, 5.74) is 0. The van der Waals surface area contributed by atoms with Gasteiger partial charge in [0.05, 0.1) is 4.83 Å². The number of amides is 1. The molecule has 1 rings (SSSR count). The zero-order valence-electron chi connectivity index (χ0n) is 8.75. The minimum absolute atomic E-state index is 0.0449. The SMILES string of the molecule is CC(C)C(Br)C(=O)NCC1CCSC1. The summed E-state index contributed by atoms with van der Waals surface area (Å²) in [6.07, 6.45) is 1.25. The van der Waals surface area contributed by atoms with Crippen LogP contribution in [-0.2, 0) is 4.79 Å². The molecule has 2 atom stereocenters. The Hall–Kier alpha value is 0.300. The number of carbonyl (C=O) groups is 1. The highest BCUT2D eigenvalue weighted by Gasteiger charge is 2.21. The van der Waals surface area contributed by atoms with Gasteiger partial charge in [-0.25, -0.2) is 0 Å². The molecule has 0 radical (unpaired) electrons. The van der Waals surface area contributed by atoms with Crippen LogP contribution >= 0.6 is 27.7 Å². The number of thioether (sulfide) groups is 1. The van der Waals surface area contributed by atoms with Gasteiger partial charge in [-0.15, -0.1) is 0 Å². The van der Waals surface area contributed by atoms with Crippen molar-refractivity contribution in [3.05, 3.63) is 0 Å². The zero-order chi connectivity index (χ0) is 10.6. The van der Waals surface area contributed by atoms with Gasteiger partial charge in [0.2, 0.25) is 5.91 Å². The molecule has 4 heteroatoms. The van der Waals surface area contributed by atoms with Crippen molar-refractivity contribution in [3.63, 3.8) is 0 Å². The predicted octanol–water partition coefficient (Wildman–Crippen LogP) is 2.28. The first-order chi connectivity index (χ1) is 6.61. The lowest BCUT2D eigenvalue weighted by atomic mass is 10.1. The Bertz CT molecular complexity index is 193. The summed E-state index contributed by atoms with van der Waals surface area (Å²) in [6.45, 7) is 4.94. The van der Waals surface area contributed by atoms with E-state index in [0.29, 0.717) is 11.8 Å². The van der Waals surface area contributed by atoms with Gasteiger partial charge in [0.1, 0.15) is 0 Å². The highest BCUT2D eigenvalue weighted by Crippen LogP contribution is 2.22. The van der Waals surface area contributed by atoms with E-state index in [-0.39, 0.29) is 10.7 Å². The molecule has 14 heavy (non-hydrogen) atoms. The summed E-state index contributed by atoms with van der Waals surface area (Å²) in [7, 11) is 0. The summed E-state index contributed by atoms with van der Waals surface area (Å²) in [6, 6.07) is 0. The first-order valence-corrected chi connectivity index (χ1v) is 7.18. The first-order valence-electron chi connectivity index (χ1n) is 5.10. The van der Waals surface area contributed by atoms with Crippen molar-refractivity contribution < 1.29 is 4.79 Å². The van der Waals surface area contributed by atoms with Gasteiger partial charge in [-0.3, -0.25) is 4.79 Å². The largest absolute Gasteiger partial charge is 0.355 e. The summed E-state index contributed by atoms with van der Waals surface area (Å²) in [4.78, 5) is 11.5. The van der Waals surface area contributed by atoms with Gasteiger partial charge in [0.15, 0.2) is 0 Å². The molecular weight excluding hydrogens is 262 g/mol. The predicted molar refractivity (Wildman–Crippen MR) is 66.0 cm³/mol. The molecule has 1 amide bonds. The number of alkyl halides is 1. The van der Waals surface area contributed by atoms with Crippen LogP contribution in [0.2, 0.25) is 0 Å². The third-order valence-electron chi connectivity index (χ3n) is 2.42. The van der Waals surface area contributed by atoms with Gasteiger partial charge in [-0.1, -0.05) is 29.8 Å². The number of carbonyl (C=O) groups excluding carboxylic acids is 1. The third-order valence-corrected chi connectivity index (χ3v) is 5.13. The Kier molecular flexibility index (Phi) is 5.31. The number of hydrogen-bond acceptors (Lipinski definition) is 2. The van der Waals surface area contributed by atoms with E-state index in [4.69, 9.17) is 0 Å². The molecule has 2 nitrogen and oxygen atoms in total. The number of nitrogens with one attached hydrogen (secondary N) is 1. The second-order valence-corrected chi connectivity index (χ2v) is 6.26. The monoisotopic (exact) mass is 279 g/mol. The Morgan fingerprint density at radius 1 is 1.64 bits per heavy atom. The molecule has 2 unspecified atom stereocenters. The molecule has 1 fully saturated rings. The van der Waals surface area contributed by atoms with Crippen molar-refractivity contribution in [2.75, 3.05) is 18.1 Å². The van der Waals surface area contributed by atoms with Gasteiger partial charge in [0.25, 0.3) is 0 Å². The van der Waals surface area contributed by atoms with Crippen molar-refractivity contribution in [2.45, 2.75) is 25.1 Å². The average Bonchev–Trinajstić information content (AvgIpc) is 2.65. The van der Waals surface area contributed by atoms with Crippen LogP contribution < -0.4 is 5.32 Å². The van der Waals surface area contributed by atoms with Crippen molar-refractivity contribution in [2.24, 2.45) is 11.8 Å². The van der Waals surface area contributed by atoms with Gasteiger partial charge in [0, 0.05) is 6.54 Å². The molecule has 1 aliphatic rings. The summed E-state index contributed by atoms with van der Waals surface area (Å²) >= 11 is 5.39. The fourth-order valence-corrected chi connectivity index (χ4v) is 2.84. The lowest BCUT2D eigenvalue weighted by Crippen LogP contribution is -2.37. The van der Waals surface area contributed by atoms with Crippen molar-refractivity contribution in [1.29, 1.82) is 0 Å². The van der Waals surface area contributed by atoms with E-state index in [1.807, 2.05) is 25.6 Å². The molecule has 0 spiro atoms. The standard InChI is InChI=1S/C10H18BrNOS/c1-7(2)9(11)10(13)12-5-8-3-4-14-6-8/h7-9H,3-6H2,1-2H3,(H,12,13). The molecule has 0 aromatic heterocycles. The van der Waals surface area contributed by atoms with Crippen LogP contribution in [0.15, 0.2) is 0 Å². The highest BCUT2D eigenvalue weighted by atomic mass is 79.9. The summed E-state index contributed by atoms with van der Waals surface area (Å²) in [5, 5.41) is 3.01. The quantitative estimate of drug-likeness (QED) is 0.800. The van der Waals surface area contributed by atoms with E-state index in [1.165, 1.54) is 17.9 Å². The molecular formula is C10H18BrNOS. The van der Waals surface area contributed by atoms with Crippen LogP contribution in [0.3, 0.4) is 0 Å². The normalized spacial score (nSPS) is 23.9. The van der Waals surface area contributed by atoms with E-state index in [1.54, 1.807) is 0 Å². The van der Waals surface area contributed by atoms with Crippen LogP contribution in [-0.4, -0.2) is 28.8 Å². The van der Waals surface area contributed by atoms with Crippen LogP contribution in [0, 0.1) is 11.8 Å². The average molecular weight is 280 g/mol. The smallest absolute Gasteiger partial charge is 0.234 e. The van der Waals surface area contributed by atoms with Crippen LogP contribution in [0.25, 0.3) is 0 Å². The molecule has 1 N–H and O–H groups in total. The zero-order valence-corrected chi connectivity index (χ0v) is 11.2. The lowest BCUT2D eigenvalue weighted by Gasteiger charge is -2.15. The van der Waals surface area contributed by atoms with Crippen molar-refractivity contribution in [1.82, 2.24) is 5.32 Å². The molecule has 1 aliphatic heterocycles. The third kappa shape index (κ3) is 3.81. The second kappa shape index (κ2) is 6.01. The van der Waals surface area contributed by atoms with Crippen LogP contribution in [0.5, 0.6) is 0 Å². The Balaban J connectivity index is 2.19. The molecule has 1 heterocycles. The van der Waals surface area contributed by atoms with Crippen LogP contribution in [0.4, 0.5) is 0 Å². The van der Waals surface area contributed by atoms with E-state index in [9.17, 15) is 4.79 Å². The number of rotatable bonds is 4. The molecule has 1 saturated heterocycles. The molecule has 0 saturated carbocycles. The minimum Gasteiger partial charge on any atom is -0.355 e. The minimum atomic E-state index is -0.0449. The summed E-state index contributed by atoms with van der Waals surface area (Å²) < 4.78 is 0. The second-order valence-electron chi connectivity index (χ2n) is 4.12. The van der Waals surface area contributed by atoms with Crippen LogP contribution in [0.1, 0.15) is 20.3 Å². The van der Waals surface area contributed by atoms with Crippen molar-refractivity contribution in [3.8, 4) is 0 Å². The van der Waals surface area contributed by atoms with Gasteiger partial charge >= 0.3 is 0 Å². The van der Waals surface area contributed by atoms with Gasteiger partial charge in [-0.2, -0.15) is 11.8 Å².